The maximum absolute atomic E-state index is 12.9. The number of hydrogen-bond donors (Lipinski definition) is 1. The highest BCUT2D eigenvalue weighted by molar-refractivity contribution is 7.89. The van der Waals surface area contributed by atoms with Crippen LogP contribution in [0, 0.1) is 13.8 Å². The van der Waals surface area contributed by atoms with Gasteiger partial charge >= 0.3 is 0 Å². The first kappa shape index (κ1) is 19.4. The molecular weight excluding hydrogens is 370 g/mol. The first-order valence-electron chi connectivity index (χ1n) is 8.65. The Bertz CT molecular complexity index is 831. The molecule has 142 valence electrons. The van der Waals surface area contributed by atoms with E-state index in [-0.39, 0.29) is 10.3 Å². The minimum atomic E-state index is -3.60. The summed E-state index contributed by atoms with van der Waals surface area (Å²) in [6.45, 7) is 5.40. The summed E-state index contributed by atoms with van der Waals surface area (Å²) in [6, 6.07) is 7.43. The summed E-state index contributed by atoms with van der Waals surface area (Å²) in [6.07, 6.45) is 1.63. The Hall–Kier alpha value is -1.41. The van der Waals surface area contributed by atoms with Crippen molar-refractivity contribution in [3.8, 4) is 5.75 Å². The first-order chi connectivity index (χ1) is 12.4. The second kappa shape index (κ2) is 7.68. The highest BCUT2D eigenvalue weighted by Gasteiger charge is 2.36. The minimum Gasteiger partial charge on any atom is -0.496 e. The van der Waals surface area contributed by atoms with Gasteiger partial charge in [-0.05, 0) is 61.4 Å². The number of methoxy groups -OCH3 is 1. The fourth-order valence-electron chi connectivity index (χ4n) is 3.56. The lowest BCUT2D eigenvalue weighted by molar-refractivity contribution is 0.0529. The average Bonchev–Trinajstić information content (AvgIpc) is 3.16. The van der Waals surface area contributed by atoms with Crippen molar-refractivity contribution >= 4 is 21.4 Å². The standard InChI is InChI=1S/C19H25NO4S2/c1-14-11-16(12-15(2)18(14)23-3)26(21,22)20-13-19(6-8-24-9-7-19)17-5-4-10-25-17/h4-5,10-12,20H,6-9,13H2,1-3H3. The summed E-state index contributed by atoms with van der Waals surface area (Å²) in [5.41, 5.74) is 1.43. The molecule has 0 bridgehead atoms. The maximum Gasteiger partial charge on any atom is 0.240 e. The van der Waals surface area contributed by atoms with Crippen molar-refractivity contribution in [1.82, 2.24) is 4.72 Å². The predicted octanol–water partition coefficient (Wildman–Crippen LogP) is 3.40. The predicted molar refractivity (Wildman–Crippen MR) is 104 cm³/mol. The van der Waals surface area contributed by atoms with E-state index in [0.717, 1.165) is 29.7 Å². The molecule has 7 heteroatoms. The molecule has 2 aromatic rings. The quantitative estimate of drug-likeness (QED) is 0.814. The minimum absolute atomic E-state index is 0.198. The van der Waals surface area contributed by atoms with Crippen molar-refractivity contribution in [2.45, 2.75) is 37.0 Å². The molecule has 0 atom stereocenters. The van der Waals surface area contributed by atoms with E-state index in [2.05, 4.69) is 10.8 Å². The third-order valence-corrected chi connectivity index (χ3v) is 7.54. The van der Waals surface area contributed by atoms with Crippen LogP contribution < -0.4 is 9.46 Å². The van der Waals surface area contributed by atoms with Gasteiger partial charge in [0, 0.05) is 30.1 Å². The Morgan fingerprint density at radius 3 is 2.42 bits per heavy atom. The van der Waals surface area contributed by atoms with Gasteiger partial charge in [0.2, 0.25) is 10.0 Å². The number of rotatable bonds is 6. The van der Waals surface area contributed by atoms with E-state index in [0.29, 0.717) is 19.8 Å². The van der Waals surface area contributed by atoms with Crippen LogP contribution in [-0.2, 0) is 20.2 Å². The van der Waals surface area contributed by atoms with E-state index in [1.165, 1.54) is 4.88 Å². The summed E-state index contributed by atoms with van der Waals surface area (Å²) in [5, 5.41) is 2.04. The fourth-order valence-corrected chi connectivity index (χ4v) is 5.84. The molecule has 0 aliphatic carbocycles. The van der Waals surface area contributed by atoms with Crippen molar-refractivity contribution in [1.29, 1.82) is 0 Å². The van der Waals surface area contributed by atoms with E-state index in [4.69, 9.17) is 9.47 Å². The molecule has 2 heterocycles. The zero-order chi connectivity index (χ0) is 18.8. The Morgan fingerprint density at radius 1 is 1.23 bits per heavy atom. The van der Waals surface area contributed by atoms with Gasteiger partial charge in [0.25, 0.3) is 0 Å². The number of thiophene rings is 1. The molecule has 0 saturated carbocycles. The summed E-state index contributed by atoms with van der Waals surface area (Å²) in [7, 11) is -2.01. The number of aryl methyl sites for hydroxylation is 2. The van der Waals surface area contributed by atoms with Gasteiger partial charge in [0.1, 0.15) is 5.75 Å². The summed E-state index contributed by atoms with van der Waals surface area (Å²) < 4.78 is 39.5. The molecular formula is C19H25NO4S2. The molecule has 26 heavy (non-hydrogen) atoms. The number of nitrogens with one attached hydrogen (secondary N) is 1. The lowest BCUT2D eigenvalue weighted by atomic mass is 9.79. The van der Waals surface area contributed by atoms with E-state index in [1.54, 1.807) is 30.6 Å². The van der Waals surface area contributed by atoms with Gasteiger partial charge in [-0.1, -0.05) is 6.07 Å². The van der Waals surface area contributed by atoms with Crippen LogP contribution in [-0.4, -0.2) is 35.3 Å². The third-order valence-electron chi connectivity index (χ3n) is 5.04. The number of sulfonamides is 1. The molecule has 1 aromatic heterocycles. The molecule has 5 nitrogen and oxygen atoms in total. The topological polar surface area (TPSA) is 64.6 Å². The second-order valence-corrected chi connectivity index (χ2v) is 9.50. The van der Waals surface area contributed by atoms with Crippen molar-refractivity contribution in [2.24, 2.45) is 0 Å². The summed E-state index contributed by atoms with van der Waals surface area (Å²) in [4.78, 5) is 1.49. The number of hydrogen-bond acceptors (Lipinski definition) is 5. The normalized spacial score (nSPS) is 17.2. The number of ether oxygens (including phenoxy) is 2. The van der Waals surface area contributed by atoms with Crippen LogP contribution in [0.15, 0.2) is 34.5 Å². The zero-order valence-corrected chi connectivity index (χ0v) is 17.0. The molecule has 1 aliphatic rings. The molecule has 0 radical (unpaired) electrons. The van der Waals surface area contributed by atoms with Crippen LogP contribution in [0.1, 0.15) is 28.8 Å². The van der Waals surface area contributed by atoms with Gasteiger partial charge in [0.05, 0.1) is 12.0 Å². The molecule has 1 fully saturated rings. The van der Waals surface area contributed by atoms with Crippen LogP contribution in [0.4, 0.5) is 0 Å². The zero-order valence-electron chi connectivity index (χ0n) is 15.4. The van der Waals surface area contributed by atoms with Crippen LogP contribution in [0.3, 0.4) is 0 Å². The van der Waals surface area contributed by atoms with E-state index >= 15 is 0 Å². The molecule has 1 N–H and O–H groups in total. The van der Waals surface area contributed by atoms with E-state index in [9.17, 15) is 8.42 Å². The molecule has 0 spiro atoms. The first-order valence-corrected chi connectivity index (χ1v) is 11.0. The lowest BCUT2D eigenvalue weighted by Gasteiger charge is -2.36. The average molecular weight is 396 g/mol. The summed E-state index contributed by atoms with van der Waals surface area (Å²) in [5.74, 6) is 0.725. The molecule has 0 amide bonds. The molecule has 3 rings (SSSR count). The number of benzene rings is 1. The van der Waals surface area contributed by atoms with Crippen LogP contribution in [0.2, 0.25) is 0 Å². The van der Waals surface area contributed by atoms with Gasteiger partial charge in [-0.25, -0.2) is 13.1 Å². The van der Waals surface area contributed by atoms with E-state index in [1.807, 2.05) is 25.3 Å². The molecule has 1 aliphatic heterocycles. The maximum atomic E-state index is 12.9. The van der Waals surface area contributed by atoms with Crippen molar-refractivity contribution in [2.75, 3.05) is 26.9 Å². The fraction of sp³-hybridized carbons (Fsp3) is 0.474. The Kier molecular flexibility index (Phi) is 5.72. The van der Waals surface area contributed by atoms with Gasteiger partial charge in [-0.2, -0.15) is 0 Å². The van der Waals surface area contributed by atoms with Crippen molar-refractivity contribution < 1.29 is 17.9 Å². The Labute approximate surface area is 159 Å². The lowest BCUT2D eigenvalue weighted by Crippen LogP contribution is -2.44. The van der Waals surface area contributed by atoms with Crippen molar-refractivity contribution in [3.63, 3.8) is 0 Å². The largest absolute Gasteiger partial charge is 0.496 e. The monoisotopic (exact) mass is 395 g/mol. The van der Waals surface area contributed by atoms with Crippen molar-refractivity contribution in [3.05, 3.63) is 45.6 Å². The van der Waals surface area contributed by atoms with Gasteiger partial charge in [0.15, 0.2) is 0 Å². The van der Waals surface area contributed by atoms with E-state index < -0.39 is 10.0 Å². The van der Waals surface area contributed by atoms with Gasteiger partial charge < -0.3 is 9.47 Å². The SMILES string of the molecule is COc1c(C)cc(S(=O)(=O)NCC2(c3cccs3)CCOCC2)cc1C. The molecule has 0 unspecified atom stereocenters. The van der Waals surface area contributed by atoms with Crippen LogP contribution >= 0.6 is 11.3 Å². The molecule has 1 aromatic carbocycles. The van der Waals surface area contributed by atoms with Crippen LogP contribution in [0.5, 0.6) is 5.75 Å². The van der Waals surface area contributed by atoms with Gasteiger partial charge in [-0.3, -0.25) is 0 Å². The van der Waals surface area contributed by atoms with Crippen LogP contribution in [0.25, 0.3) is 0 Å². The Balaban J connectivity index is 1.85. The smallest absolute Gasteiger partial charge is 0.240 e. The van der Waals surface area contributed by atoms with Gasteiger partial charge in [-0.15, -0.1) is 11.3 Å². The highest BCUT2D eigenvalue weighted by atomic mass is 32.2. The highest BCUT2D eigenvalue weighted by Crippen LogP contribution is 2.37. The summed E-state index contributed by atoms with van der Waals surface area (Å²) >= 11 is 1.68. The Morgan fingerprint density at radius 2 is 1.88 bits per heavy atom. The second-order valence-electron chi connectivity index (χ2n) is 6.78. The molecule has 1 saturated heterocycles. The third kappa shape index (κ3) is 3.81.